The number of amides is 1. The molecular weight excluding hydrogens is 286 g/mol. The first-order valence-corrected chi connectivity index (χ1v) is 7.37. The summed E-state index contributed by atoms with van der Waals surface area (Å²) in [6.07, 6.45) is 3.17. The topological polar surface area (TPSA) is 55.4 Å². The standard InChI is InChI=1S/C16H15NO3S/c1-2-20-16(19)13-7-3-4-8-14(13)17-15(18)10-9-12-6-5-11-21-12/h3-11H,2H2,1H3,(H,17,18). The lowest BCUT2D eigenvalue weighted by atomic mass is 10.2. The van der Waals surface area contributed by atoms with Crippen LogP contribution in [0.25, 0.3) is 6.08 Å². The van der Waals surface area contributed by atoms with Gasteiger partial charge in [0.25, 0.3) is 0 Å². The van der Waals surface area contributed by atoms with Crippen LogP contribution >= 0.6 is 11.3 Å². The number of para-hydroxylation sites is 1. The minimum Gasteiger partial charge on any atom is -0.462 e. The molecule has 0 saturated heterocycles. The molecule has 0 radical (unpaired) electrons. The van der Waals surface area contributed by atoms with Crippen LogP contribution in [0.4, 0.5) is 5.69 Å². The van der Waals surface area contributed by atoms with Gasteiger partial charge in [0.1, 0.15) is 0 Å². The van der Waals surface area contributed by atoms with Gasteiger partial charge in [-0.25, -0.2) is 4.79 Å². The molecular formula is C16H15NO3S. The molecule has 0 fully saturated rings. The van der Waals surface area contributed by atoms with Crippen LogP contribution in [0.1, 0.15) is 22.2 Å². The van der Waals surface area contributed by atoms with Gasteiger partial charge in [-0.2, -0.15) is 0 Å². The van der Waals surface area contributed by atoms with E-state index in [4.69, 9.17) is 4.74 Å². The average Bonchev–Trinajstić information content (AvgIpc) is 2.99. The average molecular weight is 301 g/mol. The zero-order chi connectivity index (χ0) is 15.1. The monoisotopic (exact) mass is 301 g/mol. The first-order chi connectivity index (χ1) is 10.2. The maximum absolute atomic E-state index is 11.9. The second kappa shape index (κ2) is 7.40. The molecule has 0 spiro atoms. The fraction of sp³-hybridized carbons (Fsp3) is 0.125. The van der Waals surface area contributed by atoms with Crippen molar-refractivity contribution in [3.05, 3.63) is 58.3 Å². The predicted octanol–water partition coefficient (Wildman–Crippen LogP) is 3.58. The van der Waals surface area contributed by atoms with Crippen LogP contribution in [0.3, 0.4) is 0 Å². The normalized spacial score (nSPS) is 10.5. The highest BCUT2D eigenvalue weighted by molar-refractivity contribution is 7.10. The Hall–Kier alpha value is -2.40. The molecule has 21 heavy (non-hydrogen) atoms. The van der Waals surface area contributed by atoms with Crippen molar-refractivity contribution in [2.45, 2.75) is 6.92 Å². The molecule has 0 aliphatic rings. The summed E-state index contributed by atoms with van der Waals surface area (Å²) in [6, 6.07) is 10.6. The third kappa shape index (κ3) is 4.29. The summed E-state index contributed by atoms with van der Waals surface area (Å²) in [4.78, 5) is 24.7. The van der Waals surface area contributed by atoms with E-state index >= 15 is 0 Å². The lowest BCUT2D eigenvalue weighted by Gasteiger charge is -2.08. The van der Waals surface area contributed by atoms with Crippen molar-refractivity contribution in [1.29, 1.82) is 0 Å². The van der Waals surface area contributed by atoms with E-state index in [-0.39, 0.29) is 5.91 Å². The molecule has 0 unspecified atom stereocenters. The Morgan fingerprint density at radius 2 is 2.05 bits per heavy atom. The maximum atomic E-state index is 11.9. The number of anilines is 1. The number of esters is 1. The van der Waals surface area contributed by atoms with Gasteiger partial charge in [-0.05, 0) is 36.6 Å². The number of thiophene rings is 1. The quantitative estimate of drug-likeness (QED) is 0.678. The van der Waals surface area contributed by atoms with Gasteiger partial charge >= 0.3 is 5.97 Å². The number of benzene rings is 1. The van der Waals surface area contributed by atoms with Crippen molar-refractivity contribution >= 4 is 35.0 Å². The Labute approximate surface area is 127 Å². The highest BCUT2D eigenvalue weighted by atomic mass is 32.1. The minimum absolute atomic E-state index is 0.291. The molecule has 1 heterocycles. The Kier molecular flexibility index (Phi) is 5.29. The van der Waals surface area contributed by atoms with Crippen molar-refractivity contribution in [3.63, 3.8) is 0 Å². The van der Waals surface area contributed by atoms with Crippen LogP contribution in [-0.4, -0.2) is 18.5 Å². The third-order valence-corrected chi connectivity index (χ3v) is 3.46. The lowest BCUT2D eigenvalue weighted by Crippen LogP contribution is -2.13. The molecule has 0 bridgehead atoms. The van der Waals surface area contributed by atoms with Crippen LogP contribution < -0.4 is 5.32 Å². The largest absolute Gasteiger partial charge is 0.462 e. The zero-order valence-corrected chi connectivity index (χ0v) is 12.4. The highest BCUT2D eigenvalue weighted by Crippen LogP contribution is 2.17. The first-order valence-electron chi connectivity index (χ1n) is 6.49. The summed E-state index contributed by atoms with van der Waals surface area (Å²) in [6.45, 7) is 2.03. The number of carbonyl (C=O) groups excluding carboxylic acids is 2. The summed E-state index contributed by atoms with van der Waals surface area (Å²) >= 11 is 1.54. The Morgan fingerprint density at radius 3 is 2.76 bits per heavy atom. The van der Waals surface area contributed by atoms with Gasteiger partial charge in [0.15, 0.2) is 0 Å². The van der Waals surface area contributed by atoms with Crippen LogP contribution in [0.2, 0.25) is 0 Å². The molecule has 0 aliphatic heterocycles. The molecule has 0 atom stereocenters. The molecule has 0 saturated carbocycles. The maximum Gasteiger partial charge on any atom is 0.340 e. The van der Waals surface area contributed by atoms with Gasteiger partial charge in [-0.1, -0.05) is 18.2 Å². The van der Waals surface area contributed by atoms with E-state index in [1.54, 1.807) is 48.6 Å². The number of ether oxygens (including phenoxy) is 1. The van der Waals surface area contributed by atoms with Gasteiger partial charge in [-0.3, -0.25) is 4.79 Å². The number of carbonyl (C=O) groups is 2. The molecule has 0 aliphatic carbocycles. The fourth-order valence-electron chi connectivity index (χ4n) is 1.70. The fourth-order valence-corrected chi connectivity index (χ4v) is 2.32. The summed E-state index contributed by atoms with van der Waals surface area (Å²) in [7, 11) is 0. The van der Waals surface area contributed by atoms with Crippen LogP contribution in [0, 0.1) is 0 Å². The second-order valence-electron chi connectivity index (χ2n) is 4.10. The van der Waals surface area contributed by atoms with E-state index in [1.807, 2.05) is 17.5 Å². The number of nitrogens with one attached hydrogen (secondary N) is 1. The second-order valence-corrected chi connectivity index (χ2v) is 5.08. The van der Waals surface area contributed by atoms with Gasteiger partial charge in [-0.15, -0.1) is 11.3 Å². The molecule has 108 valence electrons. The summed E-state index contributed by atoms with van der Waals surface area (Å²) < 4.78 is 4.96. The molecule has 1 aromatic heterocycles. The minimum atomic E-state index is -0.448. The van der Waals surface area contributed by atoms with E-state index in [2.05, 4.69) is 5.32 Å². The summed E-state index contributed by atoms with van der Waals surface area (Å²) in [5.41, 5.74) is 0.786. The Morgan fingerprint density at radius 1 is 1.24 bits per heavy atom. The van der Waals surface area contributed by atoms with Gasteiger partial charge in [0.2, 0.25) is 5.91 Å². The van der Waals surface area contributed by atoms with E-state index in [0.717, 1.165) is 4.88 Å². The van der Waals surface area contributed by atoms with Crippen molar-refractivity contribution < 1.29 is 14.3 Å². The van der Waals surface area contributed by atoms with Crippen LogP contribution in [0.15, 0.2) is 47.9 Å². The van der Waals surface area contributed by atoms with Crippen LogP contribution in [-0.2, 0) is 9.53 Å². The molecule has 1 aromatic carbocycles. The van der Waals surface area contributed by atoms with E-state index < -0.39 is 5.97 Å². The van der Waals surface area contributed by atoms with Crippen molar-refractivity contribution in [2.75, 3.05) is 11.9 Å². The Bertz CT molecular complexity index is 647. The predicted molar refractivity (Wildman–Crippen MR) is 84.4 cm³/mol. The molecule has 2 rings (SSSR count). The molecule has 5 heteroatoms. The molecule has 2 aromatic rings. The number of rotatable bonds is 5. The highest BCUT2D eigenvalue weighted by Gasteiger charge is 2.12. The lowest BCUT2D eigenvalue weighted by molar-refractivity contribution is -0.111. The van der Waals surface area contributed by atoms with E-state index in [9.17, 15) is 9.59 Å². The molecule has 4 nitrogen and oxygen atoms in total. The SMILES string of the molecule is CCOC(=O)c1ccccc1NC(=O)C=Cc1cccs1. The zero-order valence-electron chi connectivity index (χ0n) is 11.5. The Balaban J connectivity index is 2.08. The van der Waals surface area contributed by atoms with E-state index in [0.29, 0.717) is 17.9 Å². The van der Waals surface area contributed by atoms with Gasteiger partial charge < -0.3 is 10.1 Å². The van der Waals surface area contributed by atoms with E-state index in [1.165, 1.54) is 6.08 Å². The molecule has 1 N–H and O–H groups in total. The molecule has 1 amide bonds. The van der Waals surface area contributed by atoms with Gasteiger partial charge in [0, 0.05) is 11.0 Å². The van der Waals surface area contributed by atoms with Crippen molar-refractivity contribution in [3.8, 4) is 0 Å². The summed E-state index contributed by atoms with van der Waals surface area (Å²) in [5.74, 6) is -0.740. The van der Waals surface area contributed by atoms with Gasteiger partial charge in [0.05, 0.1) is 17.9 Å². The third-order valence-electron chi connectivity index (χ3n) is 2.62. The van der Waals surface area contributed by atoms with Crippen molar-refractivity contribution in [1.82, 2.24) is 0 Å². The summed E-state index contributed by atoms with van der Waals surface area (Å²) in [5, 5.41) is 4.63. The van der Waals surface area contributed by atoms with Crippen molar-refractivity contribution in [2.24, 2.45) is 0 Å². The van der Waals surface area contributed by atoms with Crippen LogP contribution in [0.5, 0.6) is 0 Å². The first kappa shape index (κ1) is 15.0. The number of hydrogen-bond acceptors (Lipinski definition) is 4. The number of hydrogen-bond donors (Lipinski definition) is 1. The smallest absolute Gasteiger partial charge is 0.340 e.